The van der Waals surface area contributed by atoms with E-state index in [2.05, 4.69) is 30.5 Å². The van der Waals surface area contributed by atoms with E-state index in [1.54, 1.807) is 12.3 Å². The summed E-state index contributed by atoms with van der Waals surface area (Å²) in [5.74, 6) is 2.28. The number of pyridine rings is 1. The highest BCUT2D eigenvalue weighted by Crippen LogP contribution is 2.35. The molecule has 1 atom stereocenters. The smallest absolute Gasteiger partial charge is 0.272 e. The topological polar surface area (TPSA) is 104 Å². The molecule has 1 aliphatic heterocycles. The monoisotopic (exact) mass is 458 g/mol. The Labute approximate surface area is 196 Å². The van der Waals surface area contributed by atoms with Crippen molar-refractivity contribution >= 4 is 34.0 Å². The summed E-state index contributed by atoms with van der Waals surface area (Å²) >= 11 is 0. The van der Waals surface area contributed by atoms with Crippen molar-refractivity contribution in [1.82, 2.24) is 19.9 Å². The Morgan fingerprint density at radius 3 is 2.82 bits per heavy atom. The van der Waals surface area contributed by atoms with Crippen LogP contribution in [0.5, 0.6) is 11.5 Å². The maximum atomic E-state index is 12.5. The van der Waals surface area contributed by atoms with E-state index >= 15 is 0 Å². The number of anilines is 4. The number of fused-ring (bicyclic) bond motifs is 2. The maximum Gasteiger partial charge on any atom is 0.272 e. The fourth-order valence-electron chi connectivity index (χ4n) is 3.86. The highest BCUT2D eigenvalue weighted by molar-refractivity contribution is 5.83. The lowest BCUT2D eigenvalue weighted by Gasteiger charge is -2.28. The van der Waals surface area contributed by atoms with Crippen LogP contribution in [-0.2, 0) is 0 Å². The second kappa shape index (κ2) is 9.03. The number of H-pyrrole nitrogens is 1. The summed E-state index contributed by atoms with van der Waals surface area (Å²) in [5, 5.41) is 7.22. The van der Waals surface area contributed by atoms with Crippen molar-refractivity contribution in [1.29, 1.82) is 0 Å². The van der Waals surface area contributed by atoms with Gasteiger partial charge in [-0.25, -0.2) is 4.98 Å². The second-order valence-electron chi connectivity index (χ2n) is 8.59. The molecule has 0 bridgehead atoms. The van der Waals surface area contributed by atoms with Crippen molar-refractivity contribution in [3.05, 3.63) is 70.6 Å². The SMILES string of the molecule is Cc1ccc2[nH]c(=O)c(Nc3ccnc(Nc4ccc5c(c4)OCC(CN(C)C)O5)n3)cc2c1. The molecule has 174 valence electrons. The first kappa shape index (κ1) is 21.7. The number of likely N-dealkylation sites (N-methyl/N-ethyl adjacent to an activating group) is 1. The quantitative estimate of drug-likeness (QED) is 0.401. The van der Waals surface area contributed by atoms with Gasteiger partial charge in [0.25, 0.3) is 5.56 Å². The Morgan fingerprint density at radius 2 is 1.97 bits per heavy atom. The molecule has 0 saturated carbocycles. The molecule has 3 heterocycles. The predicted octanol–water partition coefficient (Wildman–Crippen LogP) is 3.82. The lowest BCUT2D eigenvalue weighted by molar-refractivity contribution is 0.0711. The van der Waals surface area contributed by atoms with E-state index in [1.165, 1.54) is 0 Å². The number of aryl methyl sites for hydroxylation is 1. The Kier molecular flexibility index (Phi) is 5.77. The Bertz CT molecular complexity index is 1400. The minimum Gasteiger partial charge on any atom is -0.486 e. The van der Waals surface area contributed by atoms with Crippen molar-refractivity contribution < 1.29 is 9.47 Å². The number of benzene rings is 2. The molecule has 0 spiro atoms. The molecule has 2 aromatic carbocycles. The molecule has 1 unspecified atom stereocenters. The van der Waals surface area contributed by atoms with Crippen LogP contribution in [0.25, 0.3) is 10.9 Å². The highest BCUT2D eigenvalue weighted by Gasteiger charge is 2.22. The van der Waals surface area contributed by atoms with Gasteiger partial charge in [0.1, 0.15) is 24.2 Å². The molecular formula is C25H26N6O3. The van der Waals surface area contributed by atoms with E-state index in [-0.39, 0.29) is 11.7 Å². The zero-order chi connectivity index (χ0) is 23.7. The van der Waals surface area contributed by atoms with Crippen LogP contribution in [0, 0.1) is 6.92 Å². The first-order valence-corrected chi connectivity index (χ1v) is 11.0. The summed E-state index contributed by atoms with van der Waals surface area (Å²) in [6.07, 6.45) is 1.62. The Balaban J connectivity index is 1.32. The molecule has 5 rings (SSSR count). The number of hydrogen-bond donors (Lipinski definition) is 3. The zero-order valence-corrected chi connectivity index (χ0v) is 19.3. The molecule has 3 N–H and O–H groups in total. The molecule has 9 heteroatoms. The number of hydrogen-bond acceptors (Lipinski definition) is 8. The lowest BCUT2D eigenvalue weighted by atomic mass is 10.1. The summed E-state index contributed by atoms with van der Waals surface area (Å²) < 4.78 is 11.9. The fourth-order valence-corrected chi connectivity index (χ4v) is 3.86. The first-order chi connectivity index (χ1) is 16.4. The van der Waals surface area contributed by atoms with Crippen LogP contribution in [0.15, 0.2) is 59.5 Å². The predicted molar refractivity (Wildman–Crippen MR) is 133 cm³/mol. The molecule has 0 radical (unpaired) electrons. The van der Waals surface area contributed by atoms with E-state index < -0.39 is 0 Å². The van der Waals surface area contributed by atoms with Crippen LogP contribution in [-0.4, -0.2) is 53.2 Å². The largest absolute Gasteiger partial charge is 0.486 e. The third kappa shape index (κ3) is 4.79. The Morgan fingerprint density at radius 1 is 1.09 bits per heavy atom. The van der Waals surface area contributed by atoms with Gasteiger partial charge in [-0.15, -0.1) is 0 Å². The number of aromatic amines is 1. The number of rotatable bonds is 6. The maximum absolute atomic E-state index is 12.5. The van der Waals surface area contributed by atoms with Gasteiger partial charge in [0.15, 0.2) is 11.5 Å². The summed E-state index contributed by atoms with van der Waals surface area (Å²) in [4.78, 5) is 26.3. The van der Waals surface area contributed by atoms with E-state index in [4.69, 9.17) is 9.47 Å². The van der Waals surface area contributed by atoms with Gasteiger partial charge in [0, 0.05) is 35.4 Å². The first-order valence-electron chi connectivity index (χ1n) is 11.0. The van der Waals surface area contributed by atoms with Crippen LogP contribution in [0.4, 0.5) is 23.1 Å². The van der Waals surface area contributed by atoms with Crippen LogP contribution < -0.4 is 25.7 Å². The highest BCUT2D eigenvalue weighted by atomic mass is 16.6. The molecule has 2 aromatic heterocycles. The molecule has 0 saturated heterocycles. The molecule has 1 aliphatic rings. The molecular weight excluding hydrogens is 432 g/mol. The minimum absolute atomic E-state index is 0.00503. The molecule has 34 heavy (non-hydrogen) atoms. The van der Waals surface area contributed by atoms with Crippen molar-refractivity contribution in [3.63, 3.8) is 0 Å². The molecule has 4 aromatic rings. The standard InChI is InChI=1S/C25H26N6O3/c1-15-4-6-19-16(10-15)11-20(24(32)29-19)28-23-8-9-26-25(30-23)27-17-5-7-21-22(12-17)33-14-18(34-21)13-31(2)3/h4-12,18H,13-14H2,1-3H3,(H,29,32)(H2,26,27,28,30). The van der Waals surface area contributed by atoms with Crippen molar-refractivity contribution in [3.8, 4) is 11.5 Å². The number of ether oxygens (including phenoxy) is 2. The van der Waals surface area contributed by atoms with Gasteiger partial charge in [-0.05, 0) is 57.4 Å². The molecule has 0 amide bonds. The van der Waals surface area contributed by atoms with Crippen LogP contribution in [0.1, 0.15) is 5.56 Å². The van der Waals surface area contributed by atoms with Gasteiger partial charge in [0.05, 0.1) is 0 Å². The second-order valence-corrected chi connectivity index (χ2v) is 8.59. The van der Waals surface area contributed by atoms with E-state index in [1.807, 2.05) is 63.5 Å². The van der Waals surface area contributed by atoms with E-state index in [0.717, 1.165) is 28.7 Å². The van der Waals surface area contributed by atoms with Crippen LogP contribution in [0.2, 0.25) is 0 Å². The summed E-state index contributed by atoms with van der Waals surface area (Å²) in [6.45, 7) is 3.29. The molecule has 9 nitrogen and oxygen atoms in total. The van der Waals surface area contributed by atoms with E-state index in [0.29, 0.717) is 35.6 Å². The third-order valence-corrected chi connectivity index (χ3v) is 5.41. The van der Waals surface area contributed by atoms with Crippen LogP contribution in [0.3, 0.4) is 0 Å². The normalized spacial score (nSPS) is 14.9. The van der Waals surface area contributed by atoms with Crippen molar-refractivity contribution in [2.45, 2.75) is 13.0 Å². The molecule has 0 aliphatic carbocycles. The van der Waals surface area contributed by atoms with Gasteiger partial charge in [0.2, 0.25) is 5.95 Å². The average Bonchev–Trinajstić information content (AvgIpc) is 2.80. The van der Waals surface area contributed by atoms with E-state index in [9.17, 15) is 4.79 Å². The van der Waals surface area contributed by atoms with Crippen molar-refractivity contribution in [2.75, 3.05) is 37.9 Å². The lowest BCUT2D eigenvalue weighted by Crippen LogP contribution is -2.37. The van der Waals surface area contributed by atoms with Gasteiger partial charge in [-0.1, -0.05) is 11.6 Å². The third-order valence-electron chi connectivity index (χ3n) is 5.41. The van der Waals surface area contributed by atoms with Crippen molar-refractivity contribution in [2.24, 2.45) is 0 Å². The number of nitrogens with zero attached hydrogens (tertiary/aromatic N) is 3. The van der Waals surface area contributed by atoms with Gasteiger partial charge < -0.3 is 30.0 Å². The Hall–Kier alpha value is -4.11. The summed E-state index contributed by atoms with van der Waals surface area (Å²) in [5.41, 5.74) is 2.87. The summed E-state index contributed by atoms with van der Waals surface area (Å²) in [7, 11) is 4.01. The zero-order valence-electron chi connectivity index (χ0n) is 19.3. The van der Waals surface area contributed by atoms with Gasteiger partial charge >= 0.3 is 0 Å². The van der Waals surface area contributed by atoms with Gasteiger partial charge in [-0.2, -0.15) is 4.98 Å². The molecule has 0 fully saturated rings. The number of aromatic nitrogens is 3. The number of nitrogens with one attached hydrogen (secondary N) is 3. The minimum atomic E-state index is -0.219. The summed E-state index contributed by atoms with van der Waals surface area (Å²) in [6, 6.07) is 15.0. The average molecular weight is 459 g/mol. The van der Waals surface area contributed by atoms with Crippen LogP contribution >= 0.6 is 0 Å². The fraction of sp³-hybridized carbons (Fsp3) is 0.240. The van der Waals surface area contributed by atoms with Gasteiger partial charge in [-0.3, -0.25) is 4.79 Å².